The first-order valence-corrected chi connectivity index (χ1v) is 9.98. The highest BCUT2D eigenvalue weighted by Crippen LogP contribution is 2.40. The van der Waals surface area contributed by atoms with Gasteiger partial charge in [0.2, 0.25) is 0 Å². The van der Waals surface area contributed by atoms with E-state index in [1.54, 1.807) is 0 Å². The van der Waals surface area contributed by atoms with Crippen LogP contribution in [0, 0.1) is 11.6 Å². The number of hydrogen-bond donors (Lipinski definition) is 1. The predicted octanol–water partition coefficient (Wildman–Crippen LogP) is 4.73. The van der Waals surface area contributed by atoms with Gasteiger partial charge in [-0.3, -0.25) is 4.55 Å². The van der Waals surface area contributed by atoms with Crippen LogP contribution in [0.25, 0.3) is 9.75 Å². The highest BCUT2D eigenvalue weighted by Gasteiger charge is 2.17. The van der Waals surface area contributed by atoms with Gasteiger partial charge in [-0.1, -0.05) is 0 Å². The molecule has 2 aromatic rings. The van der Waals surface area contributed by atoms with Gasteiger partial charge in [-0.25, -0.2) is 8.78 Å². The number of rotatable bonds is 6. The number of hydrogen-bond acceptors (Lipinski definition) is 4. The maximum absolute atomic E-state index is 13.9. The van der Waals surface area contributed by atoms with Crippen LogP contribution in [0.3, 0.4) is 0 Å². The van der Waals surface area contributed by atoms with Crippen LogP contribution in [0.2, 0.25) is 0 Å². The van der Waals surface area contributed by atoms with Crippen molar-refractivity contribution in [3.05, 3.63) is 32.4 Å². The molecule has 21 heavy (non-hydrogen) atoms. The summed E-state index contributed by atoms with van der Waals surface area (Å²) in [6.45, 7) is 0. The summed E-state index contributed by atoms with van der Waals surface area (Å²) in [5.41, 5.74) is 0. The monoisotopic (exact) mass is 416 g/mol. The molecule has 0 saturated heterocycles. The van der Waals surface area contributed by atoms with E-state index >= 15 is 0 Å². The van der Waals surface area contributed by atoms with Gasteiger partial charge in [0, 0.05) is 4.88 Å². The van der Waals surface area contributed by atoms with Crippen molar-refractivity contribution in [2.75, 3.05) is 5.75 Å². The number of aryl methyl sites for hydroxylation is 1. The zero-order chi connectivity index (χ0) is 15.6. The van der Waals surface area contributed by atoms with Crippen LogP contribution in [0.5, 0.6) is 0 Å². The van der Waals surface area contributed by atoms with E-state index in [9.17, 15) is 17.2 Å². The lowest BCUT2D eigenvalue weighted by Gasteiger charge is -1.97. The largest absolute Gasteiger partial charge is 0.286 e. The molecule has 2 rings (SSSR count). The third kappa shape index (κ3) is 4.82. The molecule has 0 saturated carbocycles. The van der Waals surface area contributed by atoms with Crippen LogP contribution in [0.1, 0.15) is 17.7 Å². The minimum absolute atomic E-state index is 0.257. The molecule has 0 amide bonds. The maximum atomic E-state index is 13.9. The first-order valence-electron chi connectivity index (χ1n) is 5.95. The molecule has 9 heteroatoms. The highest BCUT2D eigenvalue weighted by atomic mass is 79.9. The molecule has 0 bridgehead atoms. The second-order valence-electron chi connectivity index (χ2n) is 4.36. The molecule has 0 aliphatic carbocycles. The molecule has 0 unspecified atom stereocenters. The van der Waals surface area contributed by atoms with Crippen molar-refractivity contribution in [1.29, 1.82) is 0 Å². The molecular weight excluding hydrogens is 406 g/mol. The van der Waals surface area contributed by atoms with Crippen molar-refractivity contribution in [2.24, 2.45) is 0 Å². The first kappa shape index (κ1) is 17.0. The van der Waals surface area contributed by atoms with Gasteiger partial charge < -0.3 is 0 Å². The third-order valence-corrected chi connectivity index (χ3v) is 6.43. The second-order valence-corrected chi connectivity index (χ2v) is 9.50. The van der Waals surface area contributed by atoms with E-state index in [0.29, 0.717) is 23.0 Å². The average Bonchev–Trinajstić information content (AvgIpc) is 2.86. The Balaban J connectivity index is 2.04. The summed E-state index contributed by atoms with van der Waals surface area (Å²) in [6, 6.07) is 2.64. The Labute approximate surface area is 137 Å². The third-order valence-electron chi connectivity index (χ3n) is 2.68. The molecule has 0 aliphatic rings. The molecule has 3 nitrogen and oxygen atoms in total. The molecule has 0 fully saturated rings. The lowest BCUT2D eigenvalue weighted by Crippen LogP contribution is -2.03. The maximum Gasteiger partial charge on any atom is 0.264 e. The van der Waals surface area contributed by atoms with Crippen LogP contribution < -0.4 is 0 Å². The van der Waals surface area contributed by atoms with Crippen molar-refractivity contribution in [3.63, 3.8) is 0 Å². The van der Waals surface area contributed by atoms with Gasteiger partial charge in [0.15, 0.2) is 0 Å². The van der Waals surface area contributed by atoms with E-state index in [1.165, 1.54) is 12.1 Å². The zero-order valence-electron chi connectivity index (χ0n) is 10.6. The minimum atomic E-state index is -3.95. The van der Waals surface area contributed by atoms with Crippen LogP contribution >= 0.6 is 38.6 Å². The van der Waals surface area contributed by atoms with Crippen LogP contribution in [0.4, 0.5) is 8.78 Å². The standard InChI is InChI=1S/C12H11BrF2O3S3/c13-10-6-9(15)12(20-10)11-8(14)5-7(19-11)3-1-2-4-21(16,17)18/h5-6H,1-4H2,(H,16,17,18). The van der Waals surface area contributed by atoms with Crippen molar-refractivity contribution < 1.29 is 21.8 Å². The number of halogens is 3. The Morgan fingerprint density at radius 1 is 1.10 bits per heavy atom. The summed E-state index contributed by atoms with van der Waals surface area (Å²) >= 11 is 5.45. The number of unbranched alkanes of at least 4 members (excludes halogenated alkanes) is 1. The fourth-order valence-electron chi connectivity index (χ4n) is 1.77. The summed E-state index contributed by atoms with van der Waals surface area (Å²) in [4.78, 5) is 1.24. The van der Waals surface area contributed by atoms with Gasteiger partial charge in [0.25, 0.3) is 10.1 Å². The minimum Gasteiger partial charge on any atom is -0.286 e. The molecule has 0 aliphatic heterocycles. The summed E-state index contributed by atoms with van der Waals surface area (Å²) in [7, 11) is -3.95. The van der Waals surface area contributed by atoms with E-state index in [-0.39, 0.29) is 15.5 Å². The van der Waals surface area contributed by atoms with Crippen LogP contribution in [-0.4, -0.2) is 18.7 Å². The van der Waals surface area contributed by atoms with Gasteiger partial charge in [0.1, 0.15) is 11.6 Å². The molecule has 2 aromatic heterocycles. The molecule has 2 heterocycles. The van der Waals surface area contributed by atoms with E-state index in [1.807, 2.05) is 0 Å². The fraction of sp³-hybridized carbons (Fsp3) is 0.333. The van der Waals surface area contributed by atoms with Crippen molar-refractivity contribution in [1.82, 2.24) is 0 Å². The fourth-order valence-corrected chi connectivity index (χ4v) is 5.00. The summed E-state index contributed by atoms with van der Waals surface area (Å²) in [5, 5.41) is 0. The zero-order valence-corrected chi connectivity index (χ0v) is 14.6. The Kier molecular flexibility index (Phi) is 5.53. The van der Waals surface area contributed by atoms with E-state index < -0.39 is 21.8 Å². The van der Waals surface area contributed by atoms with Gasteiger partial charge in [-0.05, 0) is 47.3 Å². The van der Waals surface area contributed by atoms with Crippen molar-refractivity contribution >= 4 is 48.7 Å². The smallest absolute Gasteiger partial charge is 0.264 e. The first-order chi connectivity index (χ1) is 9.76. The number of thiophene rings is 2. The van der Waals surface area contributed by atoms with Crippen molar-refractivity contribution in [3.8, 4) is 9.75 Å². The molecule has 0 atom stereocenters. The summed E-state index contributed by atoms with van der Waals surface area (Å²) in [5.74, 6) is -1.25. The molecular formula is C12H11BrF2O3S3. The quantitative estimate of drug-likeness (QED) is 0.546. The molecule has 0 spiro atoms. The van der Waals surface area contributed by atoms with Gasteiger partial charge in [0.05, 0.1) is 19.3 Å². The lowest BCUT2D eigenvalue weighted by molar-refractivity contribution is 0.480. The molecule has 0 radical (unpaired) electrons. The van der Waals surface area contributed by atoms with Crippen LogP contribution in [-0.2, 0) is 16.5 Å². The predicted molar refractivity (Wildman–Crippen MR) is 84.6 cm³/mol. The Hall–Kier alpha value is -0.350. The Morgan fingerprint density at radius 2 is 1.71 bits per heavy atom. The van der Waals surface area contributed by atoms with Crippen LogP contribution in [0.15, 0.2) is 15.9 Å². The van der Waals surface area contributed by atoms with E-state index in [2.05, 4.69) is 15.9 Å². The molecule has 1 N–H and O–H groups in total. The van der Waals surface area contributed by atoms with E-state index in [4.69, 9.17) is 4.55 Å². The van der Waals surface area contributed by atoms with Gasteiger partial charge in [-0.2, -0.15) is 8.42 Å². The average molecular weight is 417 g/mol. The molecule has 0 aromatic carbocycles. The summed E-state index contributed by atoms with van der Waals surface area (Å²) < 4.78 is 57.9. The second kappa shape index (κ2) is 6.82. The molecule has 116 valence electrons. The normalized spacial score (nSPS) is 12.0. The Morgan fingerprint density at radius 3 is 2.29 bits per heavy atom. The lowest BCUT2D eigenvalue weighted by atomic mass is 10.2. The topological polar surface area (TPSA) is 54.4 Å². The highest BCUT2D eigenvalue weighted by molar-refractivity contribution is 9.11. The van der Waals surface area contributed by atoms with E-state index in [0.717, 1.165) is 27.6 Å². The van der Waals surface area contributed by atoms with Gasteiger partial charge in [-0.15, -0.1) is 22.7 Å². The SMILES string of the molecule is O=S(=O)(O)CCCCc1cc(F)c(-c2sc(Br)cc2F)s1. The Bertz CT molecular complexity index is 737. The summed E-state index contributed by atoms with van der Waals surface area (Å²) in [6.07, 6.45) is 1.30. The van der Waals surface area contributed by atoms with Crippen molar-refractivity contribution in [2.45, 2.75) is 19.3 Å². The van der Waals surface area contributed by atoms with Gasteiger partial charge >= 0.3 is 0 Å².